The molecule has 0 amide bonds. The zero-order valence-electron chi connectivity index (χ0n) is 9.16. The van der Waals surface area contributed by atoms with Crippen molar-refractivity contribution in [1.29, 1.82) is 5.26 Å². The summed E-state index contributed by atoms with van der Waals surface area (Å²) in [6, 6.07) is 10.4. The first kappa shape index (κ1) is 10.0. The van der Waals surface area contributed by atoms with E-state index in [4.69, 9.17) is 10.00 Å². The molecule has 0 saturated carbocycles. The molecule has 1 aliphatic rings. The van der Waals surface area contributed by atoms with Crippen LogP contribution in [0.2, 0.25) is 0 Å². The van der Waals surface area contributed by atoms with Crippen molar-refractivity contribution in [3.63, 3.8) is 0 Å². The molecule has 0 spiro atoms. The summed E-state index contributed by atoms with van der Waals surface area (Å²) in [5.74, 6) is 1.26. The van der Waals surface area contributed by atoms with Gasteiger partial charge in [0.05, 0.1) is 18.1 Å². The van der Waals surface area contributed by atoms with Crippen molar-refractivity contribution in [1.82, 2.24) is 0 Å². The van der Waals surface area contributed by atoms with Crippen LogP contribution in [0.5, 0.6) is 5.75 Å². The molecule has 78 valence electrons. The molecule has 2 nitrogen and oxygen atoms in total. The molecular formula is C13H15NO. The summed E-state index contributed by atoms with van der Waals surface area (Å²) >= 11 is 0. The average Bonchev–Trinajstić information content (AvgIpc) is 2.28. The molecule has 0 aromatic heterocycles. The van der Waals surface area contributed by atoms with E-state index in [1.54, 1.807) is 0 Å². The molecule has 2 heteroatoms. The van der Waals surface area contributed by atoms with Crippen LogP contribution in [0.3, 0.4) is 0 Å². The summed E-state index contributed by atoms with van der Waals surface area (Å²) in [5, 5.41) is 9.09. The van der Waals surface area contributed by atoms with Crippen LogP contribution in [0.15, 0.2) is 24.3 Å². The van der Waals surface area contributed by atoms with Gasteiger partial charge in [0.15, 0.2) is 0 Å². The van der Waals surface area contributed by atoms with Crippen LogP contribution in [0.4, 0.5) is 0 Å². The van der Waals surface area contributed by atoms with Crippen molar-refractivity contribution >= 4 is 0 Å². The number of para-hydroxylation sites is 1. The lowest BCUT2D eigenvalue weighted by atomic mass is 9.76. The van der Waals surface area contributed by atoms with Gasteiger partial charge in [0.1, 0.15) is 5.75 Å². The molecule has 1 unspecified atom stereocenters. The minimum Gasteiger partial charge on any atom is -0.493 e. The lowest BCUT2D eigenvalue weighted by Gasteiger charge is -2.32. The normalized spacial score (nSPS) is 19.9. The van der Waals surface area contributed by atoms with Gasteiger partial charge in [0.2, 0.25) is 0 Å². The number of fused-ring (bicyclic) bond motifs is 1. The number of nitrogens with zero attached hydrogens (tertiary/aromatic N) is 1. The van der Waals surface area contributed by atoms with Gasteiger partial charge in [-0.1, -0.05) is 18.2 Å². The van der Waals surface area contributed by atoms with Gasteiger partial charge in [0, 0.05) is 5.92 Å². The maximum Gasteiger partial charge on any atom is 0.122 e. The van der Waals surface area contributed by atoms with Crippen LogP contribution in [-0.2, 0) is 6.42 Å². The molecule has 1 aliphatic heterocycles. The van der Waals surface area contributed by atoms with Crippen molar-refractivity contribution in [3.05, 3.63) is 29.8 Å². The first-order chi connectivity index (χ1) is 7.13. The predicted octanol–water partition coefficient (Wildman–Crippen LogP) is 2.79. The Hall–Kier alpha value is -1.49. The second-order valence-electron chi connectivity index (χ2n) is 4.65. The van der Waals surface area contributed by atoms with Crippen LogP contribution < -0.4 is 4.74 Å². The van der Waals surface area contributed by atoms with E-state index in [9.17, 15) is 0 Å². The number of hydrogen-bond donors (Lipinski definition) is 0. The quantitative estimate of drug-likeness (QED) is 0.700. The van der Waals surface area contributed by atoms with Gasteiger partial charge in [0.25, 0.3) is 0 Å². The van der Waals surface area contributed by atoms with E-state index in [0.717, 1.165) is 12.2 Å². The number of nitriles is 1. The Balaban J connectivity index is 2.23. The number of rotatable bonds is 1. The van der Waals surface area contributed by atoms with Crippen molar-refractivity contribution in [3.8, 4) is 11.8 Å². The Morgan fingerprint density at radius 1 is 1.40 bits per heavy atom. The smallest absolute Gasteiger partial charge is 0.122 e. The molecule has 0 aliphatic carbocycles. The van der Waals surface area contributed by atoms with E-state index in [0.29, 0.717) is 6.61 Å². The van der Waals surface area contributed by atoms with Crippen LogP contribution in [0.25, 0.3) is 0 Å². The zero-order chi connectivity index (χ0) is 10.9. The predicted molar refractivity (Wildman–Crippen MR) is 58.5 cm³/mol. The van der Waals surface area contributed by atoms with Gasteiger partial charge in [-0.15, -0.1) is 0 Å². The van der Waals surface area contributed by atoms with E-state index >= 15 is 0 Å². The van der Waals surface area contributed by atoms with E-state index < -0.39 is 0 Å². The number of benzene rings is 1. The molecule has 0 N–H and O–H groups in total. The van der Waals surface area contributed by atoms with E-state index in [2.05, 4.69) is 12.1 Å². The second kappa shape index (κ2) is 3.58. The highest BCUT2D eigenvalue weighted by atomic mass is 16.5. The topological polar surface area (TPSA) is 33.0 Å². The van der Waals surface area contributed by atoms with Crippen LogP contribution in [0.1, 0.15) is 19.4 Å². The maximum atomic E-state index is 9.09. The summed E-state index contributed by atoms with van der Waals surface area (Å²) in [6.07, 6.45) is 0.941. The molecule has 15 heavy (non-hydrogen) atoms. The fraction of sp³-hybridized carbons (Fsp3) is 0.462. The molecule has 0 radical (unpaired) electrons. The molecule has 2 rings (SSSR count). The van der Waals surface area contributed by atoms with Gasteiger partial charge in [-0.05, 0) is 31.9 Å². The lowest BCUT2D eigenvalue weighted by Crippen LogP contribution is -2.32. The van der Waals surface area contributed by atoms with Crippen LogP contribution >= 0.6 is 0 Å². The largest absolute Gasteiger partial charge is 0.493 e. The van der Waals surface area contributed by atoms with Crippen molar-refractivity contribution < 1.29 is 4.74 Å². The highest BCUT2D eigenvalue weighted by molar-refractivity contribution is 5.35. The lowest BCUT2D eigenvalue weighted by molar-refractivity contribution is 0.150. The van der Waals surface area contributed by atoms with Gasteiger partial charge in [-0.25, -0.2) is 0 Å². The highest BCUT2D eigenvalue weighted by Crippen LogP contribution is 2.35. The van der Waals surface area contributed by atoms with Crippen LogP contribution in [-0.4, -0.2) is 6.61 Å². The third kappa shape index (κ3) is 1.83. The van der Waals surface area contributed by atoms with Gasteiger partial charge in [-0.3, -0.25) is 0 Å². The highest BCUT2D eigenvalue weighted by Gasteiger charge is 2.33. The molecule has 0 bridgehead atoms. The molecule has 1 aromatic carbocycles. The zero-order valence-corrected chi connectivity index (χ0v) is 9.16. The Kier molecular flexibility index (Phi) is 2.40. The average molecular weight is 201 g/mol. The van der Waals surface area contributed by atoms with Gasteiger partial charge >= 0.3 is 0 Å². The van der Waals surface area contributed by atoms with Crippen molar-refractivity contribution in [2.45, 2.75) is 20.3 Å². The monoisotopic (exact) mass is 201 g/mol. The number of ether oxygens (including phenoxy) is 1. The minimum absolute atomic E-state index is 0.289. The molecule has 1 aromatic rings. The Morgan fingerprint density at radius 2 is 2.13 bits per heavy atom. The maximum absolute atomic E-state index is 9.09. The third-order valence-corrected chi connectivity index (χ3v) is 3.19. The molecule has 0 fully saturated rings. The van der Waals surface area contributed by atoms with Crippen molar-refractivity contribution in [2.24, 2.45) is 11.3 Å². The summed E-state index contributed by atoms with van der Waals surface area (Å²) < 4.78 is 5.67. The second-order valence-corrected chi connectivity index (χ2v) is 4.65. The van der Waals surface area contributed by atoms with Gasteiger partial charge < -0.3 is 4.74 Å². The summed E-state index contributed by atoms with van der Waals surface area (Å²) in [4.78, 5) is 0. The van der Waals surface area contributed by atoms with E-state index in [-0.39, 0.29) is 11.3 Å². The summed E-state index contributed by atoms with van der Waals surface area (Å²) in [5.41, 5.74) is 0.908. The van der Waals surface area contributed by atoms with Gasteiger partial charge in [-0.2, -0.15) is 5.26 Å². The SMILES string of the molecule is CC(C)(C#N)C1COc2ccccc2C1. The van der Waals surface area contributed by atoms with Crippen LogP contribution in [0, 0.1) is 22.7 Å². The summed E-state index contributed by atoms with van der Waals surface area (Å²) in [6.45, 7) is 4.61. The Labute approximate surface area is 90.5 Å². The number of hydrogen-bond acceptors (Lipinski definition) is 2. The first-order valence-corrected chi connectivity index (χ1v) is 5.25. The third-order valence-electron chi connectivity index (χ3n) is 3.19. The fourth-order valence-corrected chi connectivity index (χ4v) is 1.88. The molecule has 1 atom stereocenters. The van der Waals surface area contributed by atoms with E-state index in [1.165, 1.54) is 5.56 Å². The summed E-state index contributed by atoms with van der Waals surface area (Å²) in [7, 11) is 0. The fourth-order valence-electron chi connectivity index (χ4n) is 1.88. The first-order valence-electron chi connectivity index (χ1n) is 5.25. The molecule has 1 heterocycles. The Bertz CT molecular complexity index is 403. The molecular weight excluding hydrogens is 186 g/mol. The van der Waals surface area contributed by atoms with E-state index in [1.807, 2.05) is 32.0 Å². The molecule has 0 saturated heterocycles. The van der Waals surface area contributed by atoms with Crippen molar-refractivity contribution in [2.75, 3.05) is 6.61 Å². The minimum atomic E-state index is -0.312. The Morgan fingerprint density at radius 3 is 2.87 bits per heavy atom. The standard InChI is InChI=1S/C13H15NO/c1-13(2,9-14)11-7-10-5-3-4-6-12(10)15-8-11/h3-6,11H,7-8H2,1-2H3.